The monoisotopic (exact) mass is 371 g/mol. The van der Waals surface area contributed by atoms with Crippen LogP contribution in [0.2, 0.25) is 0 Å². The number of allylic oxidation sites excluding steroid dienone is 1. The lowest BCUT2D eigenvalue weighted by molar-refractivity contribution is 0.0970. The second-order valence-electron chi connectivity index (χ2n) is 5.57. The van der Waals surface area contributed by atoms with E-state index in [1.54, 1.807) is 22.8 Å². The third-order valence-corrected chi connectivity index (χ3v) is 5.38. The predicted octanol–water partition coefficient (Wildman–Crippen LogP) is 3.62. The Bertz CT molecular complexity index is 1060. The van der Waals surface area contributed by atoms with E-state index in [1.165, 1.54) is 27.8 Å². The summed E-state index contributed by atoms with van der Waals surface area (Å²) in [6.07, 6.45) is 4.03. The number of hydrogen-bond donors (Lipinski definition) is 0. The normalized spacial score (nSPS) is 10.9. The van der Waals surface area contributed by atoms with Gasteiger partial charge in [-0.15, -0.1) is 6.58 Å². The minimum Gasteiger partial charge on any atom is -0.304 e. The van der Waals surface area contributed by atoms with Crippen LogP contribution in [-0.2, 0) is 19.5 Å². The number of aromatic nitrogens is 3. The van der Waals surface area contributed by atoms with Gasteiger partial charge in [0, 0.05) is 12.1 Å². The first-order valence-corrected chi connectivity index (χ1v) is 9.09. The van der Waals surface area contributed by atoms with E-state index >= 15 is 0 Å². The number of carbonyl (C=O) groups is 1. The molecule has 0 aliphatic heterocycles. The fourth-order valence-corrected chi connectivity index (χ4v) is 3.86. The second kappa shape index (κ2) is 7.25. The maximum absolute atomic E-state index is 12.7. The summed E-state index contributed by atoms with van der Waals surface area (Å²) in [7, 11) is 0. The molecule has 0 atom stereocenters. The van der Waals surface area contributed by atoms with Gasteiger partial charge in [-0.2, -0.15) is 0 Å². The summed E-state index contributed by atoms with van der Waals surface area (Å²) < 4.78 is 4.13. The maximum atomic E-state index is 12.7. The number of aryl methyl sites for hydroxylation is 1. The number of carbonyl (C=O) groups excluding carboxylic acids is 1. The molecule has 2 aromatic heterocycles. The predicted molar refractivity (Wildman–Crippen MR) is 103 cm³/mol. The first-order chi connectivity index (χ1) is 12.0. The van der Waals surface area contributed by atoms with Crippen molar-refractivity contribution in [1.29, 1.82) is 0 Å². The van der Waals surface area contributed by atoms with E-state index in [9.17, 15) is 9.59 Å². The van der Waals surface area contributed by atoms with Crippen LogP contribution in [0.5, 0.6) is 0 Å². The molecule has 0 fully saturated rings. The molecule has 0 aliphatic rings. The number of benzene rings is 1. The smallest absolute Gasteiger partial charge is 0.273 e. The zero-order chi connectivity index (χ0) is 18.0. The molecule has 0 saturated heterocycles. The van der Waals surface area contributed by atoms with E-state index in [-0.39, 0.29) is 17.9 Å². The quantitative estimate of drug-likeness (QED) is 0.377. The fourth-order valence-electron chi connectivity index (χ4n) is 2.55. The molecular weight excluding hydrogens is 354 g/mol. The van der Waals surface area contributed by atoms with Gasteiger partial charge in [0.2, 0.25) is 0 Å². The SMILES string of the molecule is C=CCn1c(=S)sc2c(=O)n(CC(=O)c3ccc(CC)cc3)cnc21. The van der Waals surface area contributed by atoms with Gasteiger partial charge in [0.15, 0.2) is 15.4 Å². The minimum absolute atomic E-state index is 0.0423. The van der Waals surface area contributed by atoms with Crippen LogP contribution >= 0.6 is 23.6 Å². The molecule has 0 bridgehead atoms. The van der Waals surface area contributed by atoms with Crippen molar-refractivity contribution >= 4 is 39.7 Å². The van der Waals surface area contributed by atoms with Crippen LogP contribution in [-0.4, -0.2) is 19.9 Å². The lowest BCUT2D eigenvalue weighted by atomic mass is 10.1. The van der Waals surface area contributed by atoms with Crippen molar-refractivity contribution in [3.05, 3.63) is 68.7 Å². The van der Waals surface area contributed by atoms with Gasteiger partial charge in [-0.05, 0) is 24.2 Å². The summed E-state index contributed by atoms with van der Waals surface area (Å²) in [4.78, 5) is 29.4. The van der Waals surface area contributed by atoms with Gasteiger partial charge in [0.25, 0.3) is 5.56 Å². The summed E-state index contributed by atoms with van der Waals surface area (Å²) in [5.41, 5.74) is 2.04. The number of fused-ring (bicyclic) bond motifs is 1. The number of rotatable bonds is 6. The van der Waals surface area contributed by atoms with Crippen LogP contribution in [0.25, 0.3) is 10.3 Å². The molecule has 2 heterocycles. The highest BCUT2D eigenvalue weighted by Crippen LogP contribution is 2.17. The van der Waals surface area contributed by atoms with Crippen molar-refractivity contribution in [2.75, 3.05) is 0 Å². The van der Waals surface area contributed by atoms with Crippen molar-refractivity contribution in [3.63, 3.8) is 0 Å². The average Bonchev–Trinajstić information content (AvgIpc) is 2.94. The fraction of sp³-hybridized carbons (Fsp3) is 0.222. The Morgan fingerprint density at radius 3 is 2.72 bits per heavy atom. The molecule has 3 rings (SSSR count). The Morgan fingerprint density at radius 1 is 1.36 bits per heavy atom. The summed E-state index contributed by atoms with van der Waals surface area (Å²) in [6.45, 7) is 6.21. The van der Waals surface area contributed by atoms with Crippen molar-refractivity contribution in [2.45, 2.75) is 26.4 Å². The van der Waals surface area contributed by atoms with E-state index < -0.39 is 0 Å². The Kier molecular flexibility index (Phi) is 5.06. The van der Waals surface area contributed by atoms with Gasteiger partial charge in [-0.25, -0.2) is 4.98 Å². The zero-order valence-corrected chi connectivity index (χ0v) is 15.4. The van der Waals surface area contributed by atoms with E-state index in [1.807, 2.05) is 12.1 Å². The lowest BCUT2D eigenvalue weighted by Gasteiger charge is -2.06. The first-order valence-electron chi connectivity index (χ1n) is 7.87. The van der Waals surface area contributed by atoms with E-state index in [0.717, 1.165) is 6.42 Å². The standard InChI is InChI=1S/C18H17N3O2S2/c1-3-9-21-16-15(25-18(21)24)17(23)20(11-19-16)10-14(22)13-7-5-12(4-2)6-8-13/h3,5-8,11H,1,4,9-10H2,2H3. The molecule has 128 valence electrons. The second-order valence-corrected chi connectivity index (χ2v) is 7.22. The third kappa shape index (κ3) is 3.38. The lowest BCUT2D eigenvalue weighted by Crippen LogP contribution is -2.24. The van der Waals surface area contributed by atoms with Crippen molar-refractivity contribution in [3.8, 4) is 0 Å². The number of hydrogen-bond acceptors (Lipinski definition) is 5. The zero-order valence-electron chi connectivity index (χ0n) is 13.8. The molecule has 0 spiro atoms. The average molecular weight is 371 g/mol. The Hall–Kier alpha value is -2.38. The summed E-state index contributed by atoms with van der Waals surface area (Å²) in [6, 6.07) is 7.45. The van der Waals surface area contributed by atoms with Crippen LogP contribution in [0.15, 0.2) is 48.0 Å². The van der Waals surface area contributed by atoms with E-state index in [0.29, 0.717) is 26.4 Å². The Morgan fingerprint density at radius 2 is 2.08 bits per heavy atom. The van der Waals surface area contributed by atoms with Crippen LogP contribution in [0.1, 0.15) is 22.8 Å². The van der Waals surface area contributed by atoms with Crippen LogP contribution in [0.4, 0.5) is 0 Å². The largest absolute Gasteiger partial charge is 0.304 e. The van der Waals surface area contributed by atoms with Crippen molar-refractivity contribution in [1.82, 2.24) is 14.1 Å². The molecule has 0 N–H and O–H groups in total. The number of ketones is 1. The molecule has 7 heteroatoms. The van der Waals surface area contributed by atoms with Gasteiger partial charge in [-0.1, -0.05) is 48.6 Å². The molecule has 0 amide bonds. The van der Waals surface area contributed by atoms with E-state index in [4.69, 9.17) is 12.2 Å². The summed E-state index contributed by atoms with van der Waals surface area (Å²) >= 11 is 6.50. The van der Waals surface area contributed by atoms with E-state index in [2.05, 4.69) is 18.5 Å². The highest BCUT2D eigenvalue weighted by atomic mass is 32.1. The summed E-state index contributed by atoms with van der Waals surface area (Å²) in [5, 5.41) is 0. The third-order valence-electron chi connectivity index (χ3n) is 3.95. The minimum atomic E-state index is -0.248. The first kappa shape index (κ1) is 17.4. The molecule has 3 aromatic rings. The molecule has 5 nitrogen and oxygen atoms in total. The van der Waals surface area contributed by atoms with Crippen LogP contribution in [0, 0.1) is 3.95 Å². The van der Waals surface area contributed by atoms with Crippen molar-refractivity contribution < 1.29 is 4.79 Å². The van der Waals surface area contributed by atoms with Gasteiger partial charge in [0.1, 0.15) is 11.0 Å². The molecule has 1 aromatic carbocycles. The number of Topliss-reactive ketones (excluding diaryl/α,β-unsaturated/α-hetero) is 1. The highest BCUT2D eigenvalue weighted by Gasteiger charge is 2.14. The topological polar surface area (TPSA) is 56.9 Å². The molecule has 25 heavy (non-hydrogen) atoms. The van der Waals surface area contributed by atoms with Gasteiger partial charge in [-0.3, -0.25) is 14.2 Å². The Balaban J connectivity index is 1.95. The number of thiazole rings is 1. The van der Waals surface area contributed by atoms with Crippen molar-refractivity contribution in [2.24, 2.45) is 0 Å². The van der Waals surface area contributed by atoms with Crippen LogP contribution in [0.3, 0.4) is 0 Å². The van der Waals surface area contributed by atoms with Crippen LogP contribution < -0.4 is 5.56 Å². The number of nitrogens with zero attached hydrogens (tertiary/aromatic N) is 3. The van der Waals surface area contributed by atoms with Gasteiger partial charge >= 0.3 is 0 Å². The van der Waals surface area contributed by atoms with Gasteiger partial charge in [0.05, 0.1) is 6.54 Å². The molecule has 0 radical (unpaired) electrons. The van der Waals surface area contributed by atoms with Gasteiger partial charge < -0.3 is 4.57 Å². The summed E-state index contributed by atoms with van der Waals surface area (Å²) in [5.74, 6) is -0.125. The molecule has 0 unspecified atom stereocenters. The maximum Gasteiger partial charge on any atom is 0.273 e. The highest BCUT2D eigenvalue weighted by molar-refractivity contribution is 7.73. The molecular formula is C18H17N3O2S2. The molecule has 0 saturated carbocycles. The Labute approximate surface area is 153 Å². The molecule has 0 aliphatic carbocycles.